The molecule has 0 atom stereocenters. The predicted molar refractivity (Wildman–Crippen MR) is 135 cm³/mol. The zero-order chi connectivity index (χ0) is 24.2. The minimum absolute atomic E-state index is 0.0311. The Morgan fingerprint density at radius 2 is 1.32 bits per heavy atom. The van der Waals surface area contributed by atoms with Crippen LogP contribution in [0.15, 0.2) is 84.9 Å². The molecular formula is C27H21N3O4. The fraction of sp³-hybridized carbons (Fsp3) is 0.0370. The molecule has 0 fully saturated rings. The first-order valence-electron chi connectivity index (χ1n) is 10.5. The number of benzene rings is 4. The predicted octanol–water partition coefficient (Wildman–Crippen LogP) is 6.90. The summed E-state index contributed by atoms with van der Waals surface area (Å²) in [5.41, 5.74) is 11.0. The molecule has 0 aromatic heterocycles. The summed E-state index contributed by atoms with van der Waals surface area (Å²) in [5.74, 6) is 0. The molecule has 7 heteroatoms. The maximum absolute atomic E-state index is 12.1. The summed E-state index contributed by atoms with van der Waals surface area (Å²) in [6.07, 6.45) is 3.57. The maximum Gasteiger partial charge on any atom is 0.300 e. The first-order valence-corrected chi connectivity index (χ1v) is 10.5. The standard InChI is InChI=1S/C27H21N3O4/c1-18-7-10-21(11-8-18)25-17-24(20-12-14-22(15-13-20)29(31)32)23(26(28)27(25)30(33)34)16-9-19-5-3-2-4-6-19/h2-17H,28H2,1H3. The number of hydrogen-bond donors (Lipinski definition) is 1. The van der Waals surface area contributed by atoms with Gasteiger partial charge in [-0.15, -0.1) is 0 Å². The quantitative estimate of drug-likeness (QED) is 0.148. The second kappa shape index (κ2) is 9.38. The molecule has 7 nitrogen and oxygen atoms in total. The lowest BCUT2D eigenvalue weighted by molar-refractivity contribution is -0.384. The van der Waals surface area contributed by atoms with Gasteiger partial charge in [0.15, 0.2) is 0 Å². The van der Waals surface area contributed by atoms with Crippen molar-refractivity contribution < 1.29 is 9.85 Å². The van der Waals surface area contributed by atoms with Crippen molar-refractivity contribution in [1.29, 1.82) is 0 Å². The van der Waals surface area contributed by atoms with Gasteiger partial charge in [0.25, 0.3) is 5.69 Å². The van der Waals surface area contributed by atoms with Crippen LogP contribution in [0.4, 0.5) is 17.1 Å². The molecule has 0 saturated carbocycles. The van der Waals surface area contributed by atoms with Crippen molar-refractivity contribution in [1.82, 2.24) is 0 Å². The molecule has 4 aromatic rings. The van der Waals surface area contributed by atoms with E-state index in [1.165, 1.54) is 12.1 Å². The van der Waals surface area contributed by atoms with Crippen LogP contribution in [0, 0.1) is 27.2 Å². The lowest BCUT2D eigenvalue weighted by Gasteiger charge is -2.15. The summed E-state index contributed by atoms with van der Waals surface area (Å²) in [7, 11) is 0. The van der Waals surface area contributed by atoms with Gasteiger partial charge >= 0.3 is 5.69 Å². The third-order valence-corrected chi connectivity index (χ3v) is 5.56. The van der Waals surface area contributed by atoms with Crippen molar-refractivity contribution in [3.8, 4) is 22.3 Å². The van der Waals surface area contributed by atoms with Gasteiger partial charge in [0.05, 0.1) is 15.4 Å². The van der Waals surface area contributed by atoms with E-state index in [0.29, 0.717) is 27.8 Å². The molecular weight excluding hydrogens is 430 g/mol. The Morgan fingerprint density at radius 3 is 1.91 bits per heavy atom. The normalized spacial score (nSPS) is 11.0. The minimum atomic E-state index is -0.470. The molecule has 0 amide bonds. The smallest absolute Gasteiger partial charge is 0.300 e. The van der Waals surface area contributed by atoms with E-state index in [0.717, 1.165) is 11.1 Å². The molecule has 0 aliphatic rings. The van der Waals surface area contributed by atoms with Gasteiger partial charge in [-0.1, -0.05) is 72.3 Å². The molecule has 0 spiro atoms. The Kier molecular flexibility index (Phi) is 6.18. The van der Waals surface area contributed by atoms with Crippen molar-refractivity contribution >= 4 is 29.2 Å². The summed E-state index contributed by atoms with van der Waals surface area (Å²) in [6.45, 7) is 1.94. The number of nitrogen functional groups attached to an aromatic ring is 1. The van der Waals surface area contributed by atoms with Crippen LogP contribution in [0.25, 0.3) is 34.4 Å². The average Bonchev–Trinajstić information content (AvgIpc) is 2.83. The molecule has 34 heavy (non-hydrogen) atoms. The largest absolute Gasteiger partial charge is 0.393 e. The Hall–Kier alpha value is -4.78. The molecule has 0 aliphatic carbocycles. The molecule has 0 saturated heterocycles. The Morgan fingerprint density at radius 1 is 0.735 bits per heavy atom. The number of aryl methyl sites for hydroxylation is 1. The van der Waals surface area contributed by atoms with E-state index in [9.17, 15) is 20.2 Å². The summed E-state index contributed by atoms with van der Waals surface area (Å²) in [5, 5.41) is 23.2. The molecule has 168 valence electrons. The summed E-state index contributed by atoms with van der Waals surface area (Å²) in [6, 6.07) is 24.7. The molecule has 4 aromatic carbocycles. The third-order valence-electron chi connectivity index (χ3n) is 5.56. The third kappa shape index (κ3) is 4.54. The number of nitro benzene ring substituents is 2. The lowest BCUT2D eigenvalue weighted by atomic mass is 9.90. The van der Waals surface area contributed by atoms with E-state index >= 15 is 0 Å². The van der Waals surface area contributed by atoms with Crippen LogP contribution in [0.3, 0.4) is 0 Å². The highest BCUT2D eigenvalue weighted by Crippen LogP contribution is 2.43. The molecule has 0 heterocycles. The SMILES string of the molecule is Cc1ccc(-c2cc(-c3ccc([N+](=O)[O-])cc3)c(C=Cc3ccccc3)c(N)c2[N+](=O)[O-])cc1. The number of nitro groups is 2. The van der Waals surface area contributed by atoms with Crippen LogP contribution in [-0.2, 0) is 0 Å². The van der Waals surface area contributed by atoms with Gasteiger partial charge in [-0.05, 0) is 47.4 Å². The van der Waals surface area contributed by atoms with E-state index in [1.54, 1.807) is 24.3 Å². The van der Waals surface area contributed by atoms with Crippen molar-refractivity contribution in [2.45, 2.75) is 6.92 Å². The highest BCUT2D eigenvalue weighted by Gasteiger charge is 2.25. The van der Waals surface area contributed by atoms with Crippen LogP contribution in [-0.4, -0.2) is 9.85 Å². The van der Waals surface area contributed by atoms with Gasteiger partial charge in [0.2, 0.25) is 0 Å². The molecule has 0 radical (unpaired) electrons. The average molecular weight is 451 g/mol. The fourth-order valence-electron chi connectivity index (χ4n) is 3.78. The second-order valence-electron chi connectivity index (χ2n) is 7.82. The van der Waals surface area contributed by atoms with Crippen LogP contribution in [0.5, 0.6) is 0 Å². The van der Waals surface area contributed by atoms with Crippen LogP contribution >= 0.6 is 0 Å². The highest BCUT2D eigenvalue weighted by molar-refractivity contribution is 5.96. The van der Waals surface area contributed by atoms with E-state index in [2.05, 4.69) is 0 Å². The molecule has 0 bridgehead atoms. The maximum atomic E-state index is 12.1. The topological polar surface area (TPSA) is 112 Å². The molecule has 0 unspecified atom stereocenters. The zero-order valence-corrected chi connectivity index (χ0v) is 18.3. The van der Waals surface area contributed by atoms with Crippen molar-refractivity contribution in [3.05, 3.63) is 122 Å². The lowest BCUT2D eigenvalue weighted by Crippen LogP contribution is -2.03. The molecule has 4 rings (SSSR count). The summed E-state index contributed by atoms with van der Waals surface area (Å²) in [4.78, 5) is 22.3. The van der Waals surface area contributed by atoms with E-state index in [4.69, 9.17) is 5.73 Å². The summed E-state index contributed by atoms with van der Waals surface area (Å²) >= 11 is 0. The van der Waals surface area contributed by atoms with Gasteiger partial charge in [-0.25, -0.2) is 0 Å². The zero-order valence-electron chi connectivity index (χ0n) is 18.3. The Bertz CT molecular complexity index is 1390. The van der Waals surface area contributed by atoms with Gasteiger partial charge in [-0.2, -0.15) is 0 Å². The minimum Gasteiger partial charge on any atom is -0.393 e. The number of nitrogens with zero attached hydrogens (tertiary/aromatic N) is 2. The first-order chi connectivity index (χ1) is 16.3. The highest BCUT2D eigenvalue weighted by atomic mass is 16.6. The number of nitrogens with two attached hydrogens (primary N) is 1. The van der Waals surface area contributed by atoms with E-state index in [-0.39, 0.29) is 17.1 Å². The molecule has 2 N–H and O–H groups in total. The molecule has 0 aliphatic heterocycles. The fourth-order valence-corrected chi connectivity index (χ4v) is 3.78. The van der Waals surface area contributed by atoms with Crippen LogP contribution in [0.1, 0.15) is 16.7 Å². The van der Waals surface area contributed by atoms with Crippen molar-refractivity contribution in [3.63, 3.8) is 0 Å². The van der Waals surface area contributed by atoms with E-state index < -0.39 is 9.85 Å². The number of hydrogen-bond acceptors (Lipinski definition) is 5. The van der Waals surface area contributed by atoms with Gasteiger partial charge in [0, 0.05) is 17.7 Å². The number of non-ortho nitro benzene ring substituents is 1. The first kappa shape index (κ1) is 22.4. The number of anilines is 1. The monoisotopic (exact) mass is 451 g/mol. The van der Waals surface area contributed by atoms with Crippen molar-refractivity contribution in [2.75, 3.05) is 5.73 Å². The summed E-state index contributed by atoms with van der Waals surface area (Å²) < 4.78 is 0. The van der Waals surface area contributed by atoms with Crippen LogP contribution in [0.2, 0.25) is 0 Å². The van der Waals surface area contributed by atoms with Gasteiger partial charge in [0.1, 0.15) is 5.69 Å². The second-order valence-corrected chi connectivity index (χ2v) is 7.82. The Balaban J connectivity index is 1.98. The van der Waals surface area contributed by atoms with Gasteiger partial charge in [-0.3, -0.25) is 20.2 Å². The number of rotatable bonds is 6. The van der Waals surface area contributed by atoms with E-state index in [1.807, 2.05) is 67.6 Å². The van der Waals surface area contributed by atoms with Crippen LogP contribution < -0.4 is 5.73 Å². The van der Waals surface area contributed by atoms with Crippen molar-refractivity contribution in [2.24, 2.45) is 0 Å². The Labute approximate surface area is 196 Å². The van der Waals surface area contributed by atoms with Gasteiger partial charge < -0.3 is 5.73 Å².